The van der Waals surface area contributed by atoms with Crippen molar-refractivity contribution in [2.45, 2.75) is 81.8 Å². The van der Waals surface area contributed by atoms with Crippen LogP contribution in [0.4, 0.5) is 0 Å². The van der Waals surface area contributed by atoms with Gasteiger partial charge in [-0.1, -0.05) is 164 Å². The second-order valence-electron chi connectivity index (χ2n) is 14.8. The number of likely N-dealkylation sites (tertiary alicyclic amines) is 1. The predicted molar refractivity (Wildman–Crippen MR) is 217 cm³/mol. The van der Waals surface area contributed by atoms with Gasteiger partial charge in [-0.05, 0) is 61.9 Å². The number of carbonyl (C=O) groups excluding carboxylic acids is 1. The predicted octanol–water partition coefficient (Wildman–Crippen LogP) is 10.1. The highest BCUT2D eigenvalue weighted by atomic mass is 16.6. The number of hydrogen-bond donors (Lipinski definition) is 1. The van der Waals surface area contributed by atoms with Crippen LogP contribution < -0.4 is 0 Å². The maximum absolute atomic E-state index is 13.7. The van der Waals surface area contributed by atoms with Crippen LogP contribution in [0, 0.1) is 5.92 Å². The van der Waals surface area contributed by atoms with Crippen LogP contribution in [-0.4, -0.2) is 47.3 Å². The molecule has 1 N–H and O–H groups in total. The van der Waals surface area contributed by atoms with Crippen molar-refractivity contribution >= 4 is 5.97 Å². The monoisotopic (exact) mass is 719 g/mol. The fourth-order valence-electron chi connectivity index (χ4n) is 8.61. The Morgan fingerprint density at radius 2 is 1.19 bits per heavy atom. The molecule has 0 bridgehead atoms. The van der Waals surface area contributed by atoms with Crippen molar-refractivity contribution in [1.82, 2.24) is 4.90 Å². The first kappa shape index (κ1) is 37.5. The van der Waals surface area contributed by atoms with Crippen LogP contribution in [0.2, 0.25) is 0 Å². The lowest BCUT2D eigenvalue weighted by molar-refractivity contribution is -0.153. The van der Waals surface area contributed by atoms with E-state index in [4.69, 9.17) is 9.47 Å². The third-order valence-electron chi connectivity index (χ3n) is 11.3. The maximum Gasteiger partial charge on any atom is 0.307 e. The van der Waals surface area contributed by atoms with Crippen molar-refractivity contribution < 1.29 is 19.4 Å². The molecule has 0 spiro atoms. The van der Waals surface area contributed by atoms with E-state index in [0.717, 1.165) is 48.2 Å². The topological polar surface area (TPSA) is 59.0 Å². The number of ether oxygens (including phenoxy) is 2. The van der Waals surface area contributed by atoms with E-state index in [0.29, 0.717) is 19.4 Å². The minimum Gasteiger partial charge on any atom is -0.444 e. The molecule has 5 heteroatoms. The number of allylic oxidation sites excluding steroid dienone is 2. The molecule has 1 aliphatic heterocycles. The number of carbonyl (C=O) groups is 1. The molecule has 0 amide bonds. The van der Waals surface area contributed by atoms with Gasteiger partial charge in [-0.2, -0.15) is 0 Å². The summed E-state index contributed by atoms with van der Waals surface area (Å²) in [4.78, 5) is 16.2. The van der Waals surface area contributed by atoms with Crippen LogP contribution in [0.15, 0.2) is 158 Å². The van der Waals surface area contributed by atoms with Gasteiger partial charge in [0.1, 0.15) is 0 Å². The molecule has 5 aromatic carbocycles. The summed E-state index contributed by atoms with van der Waals surface area (Å²) in [5, 5.41) is 11.4. The molecule has 4 atom stereocenters. The highest BCUT2D eigenvalue weighted by molar-refractivity contribution is 5.72. The average molecular weight is 720 g/mol. The third-order valence-corrected chi connectivity index (χ3v) is 11.3. The zero-order valence-electron chi connectivity index (χ0n) is 31.2. The number of benzene rings is 5. The summed E-state index contributed by atoms with van der Waals surface area (Å²) in [6.45, 7) is 2.62. The van der Waals surface area contributed by atoms with Crippen molar-refractivity contribution in [3.8, 4) is 11.1 Å². The first-order valence-corrected chi connectivity index (χ1v) is 19.8. The molecule has 1 saturated heterocycles. The number of esters is 1. The Balaban J connectivity index is 0.987. The minimum atomic E-state index is -1.06. The van der Waals surface area contributed by atoms with Gasteiger partial charge in [-0.15, -0.1) is 0 Å². The van der Waals surface area contributed by atoms with Gasteiger partial charge in [0.15, 0.2) is 5.60 Å². The van der Waals surface area contributed by atoms with E-state index >= 15 is 0 Å². The number of nitrogens with zero attached hydrogens (tertiary/aromatic N) is 1. The minimum absolute atomic E-state index is 0.00816. The molecular weight excluding hydrogens is 667 g/mol. The van der Waals surface area contributed by atoms with Gasteiger partial charge >= 0.3 is 5.97 Å². The Bertz CT molecular complexity index is 1790. The number of hydrogen-bond acceptors (Lipinski definition) is 5. The molecule has 0 radical (unpaired) electrons. The van der Waals surface area contributed by atoms with E-state index in [1.807, 2.05) is 97.1 Å². The average Bonchev–Trinajstić information content (AvgIpc) is 3.56. The van der Waals surface area contributed by atoms with Crippen LogP contribution in [0.3, 0.4) is 0 Å². The molecule has 7 rings (SSSR count). The first-order chi connectivity index (χ1) is 26.6. The summed E-state index contributed by atoms with van der Waals surface area (Å²) < 4.78 is 13.2. The standard InChI is InChI=1S/C49H53NO4/c51-45-36-46(53-37-38-30-32-40(33-31-38)39-20-8-3-9-21-39)44(48(45)50-34-18-7-19-35-50)28-16-1-2-17-29-47(52)54-49(41-22-10-4-11-23-41,42-24-12-5-13-25-42)43-26-14-6-15-27-43/h1-6,8-15,20-27,30-33,44-46,48,51H,7,16-19,28-29,34-37H2/t44-,45+,46-,48+/m0/s1. The smallest absolute Gasteiger partial charge is 0.307 e. The van der Waals surface area contributed by atoms with E-state index in [1.54, 1.807) is 0 Å². The maximum atomic E-state index is 13.7. The molecule has 5 nitrogen and oxygen atoms in total. The zero-order valence-corrected chi connectivity index (χ0v) is 31.2. The molecule has 0 aromatic heterocycles. The van der Waals surface area contributed by atoms with Gasteiger partial charge in [-0.3, -0.25) is 9.69 Å². The Labute approximate surface area is 321 Å². The fraction of sp³-hybridized carbons (Fsp3) is 0.327. The van der Waals surface area contributed by atoms with Crippen molar-refractivity contribution in [2.24, 2.45) is 5.92 Å². The highest BCUT2D eigenvalue weighted by Gasteiger charge is 2.46. The molecule has 2 fully saturated rings. The second-order valence-corrected chi connectivity index (χ2v) is 14.8. The summed E-state index contributed by atoms with van der Waals surface area (Å²) in [5.74, 6) is -0.00917. The van der Waals surface area contributed by atoms with Gasteiger partial charge in [0.2, 0.25) is 0 Å². The number of aliphatic hydroxyl groups is 1. The summed E-state index contributed by atoms with van der Waals surface area (Å²) >= 11 is 0. The van der Waals surface area contributed by atoms with E-state index in [1.165, 1.54) is 30.4 Å². The summed E-state index contributed by atoms with van der Waals surface area (Å²) in [5.41, 5.74) is 5.22. The molecule has 278 valence electrons. The molecular formula is C49H53NO4. The zero-order chi connectivity index (χ0) is 37.0. The Morgan fingerprint density at radius 3 is 1.76 bits per heavy atom. The molecule has 0 unspecified atom stereocenters. The Hall–Kier alpha value is -4.81. The highest BCUT2D eigenvalue weighted by Crippen LogP contribution is 2.41. The van der Waals surface area contributed by atoms with E-state index in [9.17, 15) is 9.90 Å². The van der Waals surface area contributed by atoms with Crippen LogP contribution in [0.25, 0.3) is 11.1 Å². The molecule has 54 heavy (non-hydrogen) atoms. The van der Waals surface area contributed by atoms with E-state index in [2.05, 4.69) is 65.6 Å². The molecule has 1 heterocycles. The van der Waals surface area contributed by atoms with Gasteiger partial charge in [0.05, 0.1) is 18.8 Å². The van der Waals surface area contributed by atoms with Crippen LogP contribution in [-0.2, 0) is 26.5 Å². The normalized spacial score (nSPS) is 20.6. The van der Waals surface area contributed by atoms with Crippen LogP contribution in [0.1, 0.15) is 73.6 Å². The van der Waals surface area contributed by atoms with Crippen LogP contribution >= 0.6 is 0 Å². The summed E-state index contributed by atoms with van der Waals surface area (Å²) in [6, 6.07) is 49.3. The number of piperidine rings is 1. The van der Waals surface area contributed by atoms with Crippen molar-refractivity contribution in [3.05, 3.63) is 180 Å². The summed E-state index contributed by atoms with van der Waals surface area (Å²) in [7, 11) is 0. The molecule has 5 aromatic rings. The van der Waals surface area contributed by atoms with E-state index < -0.39 is 11.7 Å². The lowest BCUT2D eigenvalue weighted by Gasteiger charge is -2.38. The first-order valence-electron chi connectivity index (χ1n) is 19.8. The second kappa shape index (κ2) is 18.5. The molecule has 1 aliphatic carbocycles. The molecule has 2 aliphatic rings. The lowest BCUT2D eigenvalue weighted by Crippen LogP contribution is -2.47. The van der Waals surface area contributed by atoms with Gasteiger partial charge in [0.25, 0.3) is 0 Å². The Kier molecular flexibility index (Phi) is 12.8. The third kappa shape index (κ3) is 8.93. The lowest BCUT2D eigenvalue weighted by atomic mass is 9.80. The SMILES string of the molecule is O=C(CCC=CCC[C@@H]1[C@@H](N2CCCCC2)[C@H](O)C[C@@H]1OCc1ccc(-c2ccccc2)cc1)OC(c1ccccc1)(c1ccccc1)c1ccccc1. The van der Waals surface area contributed by atoms with Gasteiger partial charge in [0, 0.05) is 41.5 Å². The quantitative estimate of drug-likeness (QED) is 0.0663. The van der Waals surface area contributed by atoms with Crippen LogP contribution in [0.5, 0.6) is 0 Å². The van der Waals surface area contributed by atoms with E-state index in [-0.39, 0.29) is 30.5 Å². The number of rotatable bonds is 15. The van der Waals surface area contributed by atoms with Gasteiger partial charge in [-0.25, -0.2) is 0 Å². The number of aliphatic hydroxyl groups excluding tert-OH is 1. The van der Waals surface area contributed by atoms with Crippen molar-refractivity contribution in [3.63, 3.8) is 0 Å². The Morgan fingerprint density at radius 1 is 0.667 bits per heavy atom. The van der Waals surface area contributed by atoms with Crippen molar-refractivity contribution in [2.75, 3.05) is 13.1 Å². The van der Waals surface area contributed by atoms with Crippen molar-refractivity contribution in [1.29, 1.82) is 0 Å². The molecule has 1 saturated carbocycles. The largest absolute Gasteiger partial charge is 0.444 e. The van der Waals surface area contributed by atoms with Gasteiger partial charge < -0.3 is 14.6 Å². The fourth-order valence-corrected chi connectivity index (χ4v) is 8.61. The summed E-state index contributed by atoms with van der Waals surface area (Å²) in [6.07, 6.45) is 10.9.